The maximum atomic E-state index is 12.0. The van der Waals surface area contributed by atoms with Gasteiger partial charge in [0.25, 0.3) is 0 Å². The minimum Gasteiger partial charge on any atom is -0.389 e. The van der Waals surface area contributed by atoms with Crippen LogP contribution in [-0.2, 0) is 4.79 Å². The molecule has 5 nitrogen and oxygen atoms in total. The third-order valence-electron chi connectivity index (χ3n) is 3.40. The minimum absolute atomic E-state index is 0.123. The van der Waals surface area contributed by atoms with Gasteiger partial charge in [0.2, 0.25) is 5.91 Å². The molecule has 1 fully saturated rings. The molecule has 1 amide bonds. The first kappa shape index (κ1) is 15.3. The molecule has 0 bridgehead atoms. The summed E-state index contributed by atoms with van der Waals surface area (Å²) in [6.07, 6.45) is -1.57. The van der Waals surface area contributed by atoms with Crippen molar-refractivity contribution in [2.45, 2.75) is 26.1 Å². The first-order valence-corrected chi connectivity index (χ1v) is 6.89. The Morgan fingerprint density at radius 3 is 2.50 bits per heavy atom. The van der Waals surface area contributed by atoms with E-state index in [1.54, 1.807) is 11.0 Å². The highest BCUT2D eigenvalue weighted by atomic mass is 35.5. The highest BCUT2D eigenvalue weighted by Crippen LogP contribution is 2.27. The molecule has 1 aromatic rings. The fraction of sp³-hybridized carbons (Fsp3) is 0.500. The number of β-amino-alcohol motifs (C(OH)–C–C–N with tert-alkyl or cyclic N) is 2. The number of aryl methyl sites for hydroxylation is 2. The summed E-state index contributed by atoms with van der Waals surface area (Å²) < 4.78 is 0. The third kappa shape index (κ3) is 3.49. The van der Waals surface area contributed by atoms with E-state index in [0.717, 1.165) is 11.1 Å². The van der Waals surface area contributed by atoms with Crippen LogP contribution >= 0.6 is 11.6 Å². The van der Waals surface area contributed by atoms with E-state index in [-0.39, 0.29) is 12.5 Å². The Labute approximate surface area is 123 Å². The average Bonchev–Trinajstić information content (AvgIpc) is 2.63. The van der Waals surface area contributed by atoms with Crippen molar-refractivity contribution in [3.05, 3.63) is 28.3 Å². The van der Waals surface area contributed by atoms with Crippen molar-refractivity contribution in [2.24, 2.45) is 0 Å². The summed E-state index contributed by atoms with van der Waals surface area (Å²) in [4.78, 5) is 13.7. The van der Waals surface area contributed by atoms with E-state index in [0.29, 0.717) is 23.8 Å². The van der Waals surface area contributed by atoms with E-state index in [9.17, 15) is 15.0 Å². The molecule has 1 aromatic carbocycles. The Morgan fingerprint density at radius 1 is 1.35 bits per heavy atom. The number of benzene rings is 1. The maximum absolute atomic E-state index is 12.0. The van der Waals surface area contributed by atoms with Crippen molar-refractivity contribution in [3.8, 4) is 0 Å². The van der Waals surface area contributed by atoms with Gasteiger partial charge in [0, 0.05) is 13.1 Å². The van der Waals surface area contributed by atoms with Crippen LogP contribution in [0.4, 0.5) is 5.69 Å². The lowest BCUT2D eigenvalue weighted by Crippen LogP contribution is -2.32. The number of carbonyl (C=O) groups excluding carboxylic acids is 1. The number of hydrogen-bond donors (Lipinski definition) is 3. The molecule has 20 heavy (non-hydrogen) atoms. The van der Waals surface area contributed by atoms with Crippen LogP contribution < -0.4 is 5.32 Å². The van der Waals surface area contributed by atoms with Crippen molar-refractivity contribution >= 4 is 23.2 Å². The molecule has 0 saturated carbocycles. The number of nitrogens with zero attached hydrogens (tertiary/aromatic N) is 1. The lowest BCUT2D eigenvalue weighted by molar-refractivity contribution is -0.117. The minimum atomic E-state index is -0.785. The molecule has 0 spiro atoms. The van der Waals surface area contributed by atoms with E-state index in [1.807, 2.05) is 19.9 Å². The maximum Gasteiger partial charge on any atom is 0.238 e. The number of rotatable bonds is 3. The van der Waals surface area contributed by atoms with Crippen molar-refractivity contribution in [3.63, 3.8) is 0 Å². The van der Waals surface area contributed by atoms with Crippen LogP contribution in [0.25, 0.3) is 0 Å². The van der Waals surface area contributed by atoms with E-state index in [1.165, 1.54) is 0 Å². The fourth-order valence-corrected chi connectivity index (χ4v) is 2.80. The number of anilines is 1. The number of aliphatic hydroxyl groups excluding tert-OH is 2. The van der Waals surface area contributed by atoms with Gasteiger partial charge in [-0.25, -0.2) is 0 Å². The zero-order chi connectivity index (χ0) is 14.9. The van der Waals surface area contributed by atoms with Gasteiger partial charge >= 0.3 is 0 Å². The molecule has 1 heterocycles. The zero-order valence-electron chi connectivity index (χ0n) is 11.6. The standard InChI is InChI=1S/C14H19ClN2O3/c1-8-3-9(2)14(10(15)4-8)16-13(20)7-17-5-11(18)12(19)6-17/h3-4,11-12,18-19H,5-7H2,1-2H3,(H,16,20). The molecule has 6 heteroatoms. The van der Waals surface area contributed by atoms with Crippen LogP contribution in [0.5, 0.6) is 0 Å². The van der Waals surface area contributed by atoms with Gasteiger partial charge in [-0.15, -0.1) is 0 Å². The largest absolute Gasteiger partial charge is 0.389 e. The molecule has 1 saturated heterocycles. The molecule has 2 unspecified atom stereocenters. The Morgan fingerprint density at radius 2 is 1.95 bits per heavy atom. The summed E-state index contributed by atoms with van der Waals surface area (Å²) in [5, 5.41) is 22.2. The zero-order valence-corrected chi connectivity index (χ0v) is 12.3. The second-order valence-electron chi connectivity index (χ2n) is 5.32. The van der Waals surface area contributed by atoms with Crippen molar-refractivity contribution < 1.29 is 15.0 Å². The first-order valence-electron chi connectivity index (χ1n) is 6.52. The highest BCUT2D eigenvalue weighted by Gasteiger charge is 2.30. The molecule has 0 aromatic heterocycles. The van der Waals surface area contributed by atoms with E-state index in [2.05, 4.69) is 5.32 Å². The molecule has 1 aliphatic rings. The molecule has 0 radical (unpaired) electrons. The van der Waals surface area contributed by atoms with Gasteiger partial charge in [0.05, 0.1) is 29.5 Å². The molecule has 110 valence electrons. The van der Waals surface area contributed by atoms with Gasteiger partial charge in [0.1, 0.15) is 0 Å². The molecule has 1 aliphatic heterocycles. The Bertz CT molecular complexity index is 488. The Hall–Kier alpha value is -1.14. The Kier molecular flexibility index (Phi) is 4.65. The summed E-state index contributed by atoms with van der Waals surface area (Å²) in [5.74, 6) is -0.208. The number of halogens is 1. The fourth-order valence-electron chi connectivity index (χ4n) is 2.43. The van der Waals surface area contributed by atoms with Crippen molar-refractivity contribution in [2.75, 3.05) is 25.0 Å². The monoisotopic (exact) mass is 298 g/mol. The summed E-state index contributed by atoms with van der Waals surface area (Å²) in [6, 6.07) is 3.75. The number of amides is 1. The SMILES string of the molecule is Cc1cc(C)c(NC(=O)CN2CC(O)C(O)C2)c(Cl)c1. The van der Waals surface area contributed by atoms with Gasteiger partial charge in [-0.1, -0.05) is 17.7 Å². The van der Waals surface area contributed by atoms with Crippen molar-refractivity contribution in [1.29, 1.82) is 0 Å². The number of carbonyl (C=O) groups is 1. The second-order valence-corrected chi connectivity index (χ2v) is 5.72. The second kappa shape index (κ2) is 6.10. The summed E-state index contributed by atoms with van der Waals surface area (Å²) in [5.41, 5.74) is 2.56. The predicted molar refractivity (Wildman–Crippen MR) is 78.0 cm³/mol. The molecular formula is C14H19ClN2O3. The van der Waals surface area contributed by atoms with Crippen molar-refractivity contribution in [1.82, 2.24) is 4.90 Å². The van der Waals surface area contributed by atoms with E-state index < -0.39 is 12.2 Å². The quantitative estimate of drug-likeness (QED) is 0.776. The van der Waals surface area contributed by atoms with Gasteiger partial charge in [-0.3, -0.25) is 9.69 Å². The van der Waals surface area contributed by atoms with Gasteiger partial charge < -0.3 is 15.5 Å². The average molecular weight is 299 g/mol. The topological polar surface area (TPSA) is 72.8 Å². The van der Waals surface area contributed by atoms with E-state index in [4.69, 9.17) is 11.6 Å². The lowest BCUT2D eigenvalue weighted by atomic mass is 10.1. The molecule has 0 aliphatic carbocycles. The summed E-state index contributed by atoms with van der Waals surface area (Å²) in [6.45, 7) is 4.55. The van der Waals surface area contributed by atoms with Crippen LogP contribution in [0.1, 0.15) is 11.1 Å². The van der Waals surface area contributed by atoms with Crippen LogP contribution in [0, 0.1) is 13.8 Å². The van der Waals surface area contributed by atoms with Crippen LogP contribution in [-0.4, -0.2) is 52.9 Å². The molecule has 3 N–H and O–H groups in total. The smallest absolute Gasteiger partial charge is 0.238 e. The normalized spacial score (nSPS) is 23.1. The third-order valence-corrected chi connectivity index (χ3v) is 3.70. The first-order chi connectivity index (χ1) is 9.36. The van der Waals surface area contributed by atoms with Crippen LogP contribution in [0.3, 0.4) is 0 Å². The molecular weight excluding hydrogens is 280 g/mol. The predicted octanol–water partition coefficient (Wildman–Crippen LogP) is 0.933. The van der Waals surface area contributed by atoms with E-state index >= 15 is 0 Å². The number of nitrogens with one attached hydrogen (secondary N) is 1. The van der Waals surface area contributed by atoms with Crippen LogP contribution in [0.2, 0.25) is 5.02 Å². The molecule has 2 rings (SSSR count). The molecule has 2 atom stereocenters. The summed E-state index contributed by atoms with van der Waals surface area (Å²) in [7, 11) is 0. The number of hydrogen-bond acceptors (Lipinski definition) is 4. The lowest BCUT2D eigenvalue weighted by Gasteiger charge is -2.16. The highest BCUT2D eigenvalue weighted by molar-refractivity contribution is 6.34. The number of likely N-dealkylation sites (tertiary alicyclic amines) is 1. The number of aliphatic hydroxyl groups is 2. The van der Waals surface area contributed by atoms with Gasteiger partial charge in [0.15, 0.2) is 0 Å². The summed E-state index contributed by atoms with van der Waals surface area (Å²) >= 11 is 6.13. The van der Waals surface area contributed by atoms with Crippen LogP contribution in [0.15, 0.2) is 12.1 Å². The van der Waals surface area contributed by atoms with Gasteiger partial charge in [-0.2, -0.15) is 0 Å². The Balaban J connectivity index is 1.99. The van der Waals surface area contributed by atoms with Gasteiger partial charge in [-0.05, 0) is 31.0 Å².